The molecule has 5 nitrogen and oxygen atoms in total. The molecule has 1 heterocycles. The Morgan fingerprint density at radius 2 is 1.85 bits per heavy atom. The molecule has 166 valence electrons. The van der Waals surface area contributed by atoms with Crippen LogP contribution in [0.1, 0.15) is 11.1 Å². The number of hydrogen-bond donors (Lipinski definition) is 1. The maximum atomic E-state index is 12.9. The Morgan fingerprint density at radius 3 is 2.58 bits per heavy atom. The van der Waals surface area contributed by atoms with Crippen LogP contribution in [0.2, 0.25) is 5.02 Å². The van der Waals surface area contributed by atoms with Gasteiger partial charge in [-0.1, -0.05) is 65.4 Å². The Kier molecular flexibility index (Phi) is 7.13. The van der Waals surface area contributed by atoms with Crippen molar-refractivity contribution in [2.75, 3.05) is 16.8 Å². The molecule has 3 aromatic rings. The van der Waals surface area contributed by atoms with Gasteiger partial charge in [-0.25, -0.2) is 0 Å². The summed E-state index contributed by atoms with van der Waals surface area (Å²) in [6, 6.07) is 21.7. The van der Waals surface area contributed by atoms with E-state index in [0.29, 0.717) is 31.4 Å². The quantitative estimate of drug-likeness (QED) is 0.333. The number of halogens is 1. The molecular weight excluding hydrogens is 476 g/mol. The maximum Gasteiger partial charge on any atom is 0.270 e. The summed E-state index contributed by atoms with van der Waals surface area (Å²) in [6.45, 7) is 1.85. The first kappa shape index (κ1) is 23.0. The van der Waals surface area contributed by atoms with E-state index >= 15 is 0 Å². The van der Waals surface area contributed by atoms with Gasteiger partial charge in [0.15, 0.2) is 10.9 Å². The number of benzene rings is 3. The topological polar surface area (TPSA) is 58.6 Å². The zero-order valence-corrected chi connectivity index (χ0v) is 20.0. The third kappa shape index (κ3) is 5.82. The Hall–Kier alpha value is -3.13. The number of aryl methyl sites for hydroxylation is 1. The van der Waals surface area contributed by atoms with Crippen LogP contribution in [0.15, 0.2) is 77.7 Å². The first-order valence-corrected chi connectivity index (χ1v) is 11.6. The van der Waals surface area contributed by atoms with Crippen LogP contribution < -0.4 is 15.0 Å². The summed E-state index contributed by atoms with van der Waals surface area (Å²) < 4.78 is 6.09. The molecule has 0 aromatic heterocycles. The van der Waals surface area contributed by atoms with Crippen LogP contribution in [0.5, 0.6) is 5.75 Å². The number of thiocarbonyl (C=S) groups is 1. The van der Waals surface area contributed by atoms with Crippen molar-refractivity contribution in [1.82, 2.24) is 0 Å². The van der Waals surface area contributed by atoms with Crippen molar-refractivity contribution in [3.05, 3.63) is 93.9 Å². The molecule has 2 amide bonds. The molecule has 3 aromatic carbocycles. The molecule has 0 saturated carbocycles. The number of ether oxygens (including phenoxy) is 1. The zero-order valence-electron chi connectivity index (χ0n) is 17.6. The number of nitrogens with zero attached hydrogens (tertiary/aromatic N) is 1. The van der Waals surface area contributed by atoms with Crippen LogP contribution >= 0.6 is 35.6 Å². The number of rotatable bonds is 6. The molecule has 0 atom stereocenters. The molecule has 8 heteroatoms. The van der Waals surface area contributed by atoms with Crippen LogP contribution in [-0.4, -0.2) is 22.7 Å². The van der Waals surface area contributed by atoms with Crippen LogP contribution in [-0.2, 0) is 9.59 Å². The van der Waals surface area contributed by atoms with Gasteiger partial charge >= 0.3 is 0 Å². The molecule has 1 aliphatic rings. The van der Waals surface area contributed by atoms with Crippen molar-refractivity contribution >= 4 is 69.2 Å². The summed E-state index contributed by atoms with van der Waals surface area (Å²) in [5.74, 6) is 0.0696. The van der Waals surface area contributed by atoms with Crippen molar-refractivity contribution in [2.24, 2.45) is 0 Å². The predicted molar refractivity (Wildman–Crippen MR) is 139 cm³/mol. The van der Waals surface area contributed by atoms with Crippen molar-refractivity contribution in [2.45, 2.75) is 6.92 Å². The molecule has 0 aliphatic carbocycles. The highest BCUT2D eigenvalue weighted by molar-refractivity contribution is 8.27. The summed E-state index contributed by atoms with van der Waals surface area (Å²) in [7, 11) is 0. The second-order valence-electron chi connectivity index (χ2n) is 7.27. The second kappa shape index (κ2) is 10.2. The zero-order chi connectivity index (χ0) is 23.4. The van der Waals surface area contributed by atoms with Gasteiger partial charge in [0.25, 0.3) is 11.8 Å². The van der Waals surface area contributed by atoms with Crippen molar-refractivity contribution < 1.29 is 14.3 Å². The monoisotopic (exact) mass is 494 g/mol. The maximum absolute atomic E-state index is 12.9. The smallest absolute Gasteiger partial charge is 0.270 e. The molecule has 1 fully saturated rings. The molecular formula is C25H19ClN2O3S2. The number of nitrogens with one attached hydrogen (secondary N) is 1. The van der Waals surface area contributed by atoms with E-state index in [1.807, 2.05) is 37.3 Å². The summed E-state index contributed by atoms with van der Waals surface area (Å²) in [5, 5.41) is 3.38. The van der Waals surface area contributed by atoms with Crippen molar-refractivity contribution in [3.63, 3.8) is 0 Å². The molecule has 0 spiro atoms. The van der Waals surface area contributed by atoms with Gasteiger partial charge in [-0.05, 0) is 67.1 Å². The van der Waals surface area contributed by atoms with E-state index in [4.69, 9.17) is 28.6 Å². The average Bonchev–Trinajstić information content (AvgIpc) is 3.07. The van der Waals surface area contributed by atoms with E-state index in [0.717, 1.165) is 11.1 Å². The fourth-order valence-corrected chi connectivity index (χ4v) is 4.53. The third-order valence-electron chi connectivity index (χ3n) is 4.74. The number of carbonyl (C=O) groups is 2. The lowest BCUT2D eigenvalue weighted by molar-refractivity contribution is -0.118. The second-order valence-corrected chi connectivity index (χ2v) is 9.38. The largest absolute Gasteiger partial charge is 0.484 e. The van der Waals surface area contributed by atoms with Crippen LogP contribution in [0.3, 0.4) is 0 Å². The van der Waals surface area contributed by atoms with Crippen molar-refractivity contribution in [1.29, 1.82) is 0 Å². The molecule has 1 saturated heterocycles. The highest BCUT2D eigenvalue weighted by atomic mass is 35.5. The van der Waals surface area contributed by atoms with Gasteiger partial charge in [-0.15, -0.1) is 0 Å². The minimum Gasteiger partial charge on any atom is -0.484 e. The van der Waals surface area contributed by atoms with Gasteiger partial charge < -0.3 is 10.1 Å². The van der Waals surface area contributed by atoms with Crippen molar-refractivity contribution in [3.8, 4) is 5.75 Å². The van der Waals surface area contributed by atoms with Gasteiger partial charge in [0.05, 0.1) is 10.6 Å². The molecule has 1 N–H and O–H groups in total. The highest BCUT2D eigenvalue weighted by Crippen LogP contribution is 2.36. The van der Waals surface area contributed by atoms with Crippen LogP contribution in [0.4, 0.5) is 11.4 Å². The van der Waals surface area contributed by atoms with Crippen LogP contribution in [0, 0.1) is 6.92 Å². The summed E-state index contributed by atoms with van der Waals surface area (Å²) in [6.07, 6.45) is 1.76. The number of amides is 2. The molecule has 0 radical (unpaired) electrons. The normalized spacial score (nSPS) is 14.6. The van der Waals surface area contributed by atoms with E-state index in [1.165, 1.54) is 16.7 Å². The third-order valence-corrected chi connectivity index (χ3v) is 6.29. The fourth-order valence-electron chi connectivity index (χ4n) is 3.11. The van der Waals surface area contributed by atoms with E-state index in [2.05, 4.69) is 5.32 Å². The molecule has 0 bridgehead atoms. The SMILES string of the molecule is Cc1ccc(NC(=O)COc2cccc(/C=C3\SC(=S)N(c4ccc(Cl)cc4)C3=O)c2)cc1. The Morgan fingerprint density at radius 1 is 1.12 bits per heavy atom. The summed E-state index contributed by atoms with van der Waals surface area (Å²) >= 11 is 12.6. The minimum absolute atomic E-state index is 0.129. The fraction of sp³-hybridized carbons (Fsp3) is 0.0800. The Balaban J connectivity index is 1.41. The van der Waals surface area contributed by atoms with Crippen LogP contribution in [0.25, 0.3) is 6.08 Å². The lowest BCUT2D eigenvalue weighted by Crippen LogP contribution is -2.27. The van der Waals surface area contributed by atoms with E-state index in [1.54, 1.807) is 48.5 Å². The standard InChI is InChI=1S/C25H19ClN2O3S2/c1-16-5-9-19(10-6-16)27-23(29)15-31-21-4-2-3-17(13-21)14-22-24(30)28(25(32)33-22)20-11-7-18(26)8-12-20/h2-14H,15H2,1H3,(H,27,29)/b22-14-. The molecule has 33 heavy (non-hydrogen) atoms. The molecule has 4 rings (SSSR count). The van der Waals surface area contributed by atoms with Gasteiger partial charge in [0.2, 0.25) is 0 Å². The van der Waals surface area contributed by atoms with E-state index in [9.17, 15) is 9.59 Å². The Labute approximate surface area is 206 Å². The number of carbonyl (C=O) groups excluding carboxylic acids is 2. The first-order chi connectivity index (χ1) is 15.9. The van der Waals surface area contributed by atoms with E-state index < -0.39 is 0 Å². The minimum atomic E-state index is -0.256. The lowest BCUT2D eigenvalue weighted by Gasteiger charge is -2.14. The molecule has 0 unspecified atom stereocenters. The van der Waals surface area contributed by atoms with Gasteiger partial charge in [-0.3, -0.25) is 14.5 Å². The number of thioether (sulfide) groups is 1. The Bertz CT molecular complexity index is 1240. The van der Waals surface area contributed by atoms with Gasteiger partial charge in [0.1, 0.15) is 5.75 Å². The number of hydrogen-bond acceptors (Lipinski definition) is 5. The van der Waals surface area contributed by atoms with Gasteiger partial charge in [-0.2, -0.15) is 0 Å². The van der Waals surface area contributed by atoms with E-state index in [-0.39, 0.29) is 18.4 Å². The average molecular weight is 495 g/mol. The summed E-state index contributed by atoms with van der Waals surface area (Å²) in [5.41, 5.74) is 3.27. The lowest BCUT2D eigenvalue weighted by atomic mass is 10.2. The first-order valence-electron chi connectivity index (χ1n) is 10.0. The number of anilines is 2. The summed E-state index contributed by atoms with van der Waals surface area (Å²) in [4.78, 5) is 27.1. The highest BCUT2D eigenvalue weighted by Gasteiger charge is 2.33. The molecule has 1 aliphatic heterocycles. The predicted octanol–water partition coefficient (Wildman–Crippen LogP) is 6.07. The van der Waals surface area contributed by atoms with Gasteiger partial charge in [0, 0.05) is 10.7 Å².